The maximum absolute atomic E-state index is 13.6. The summed E-state index contributed by atoms with van der Waals surface area (Å²) in [5.41, 5.74) is 0.810. The van der Waals surface area contributed by atoms with E-state index in [-0.39, 0.29) is 34.5 Å². The van der Waals surface area contributed by atoms with Crippen LogP contribution >= 0.6 is 0 Å². The summed E-state index contributed by atoms with van der Waals surface area (Å²) in [7, 11) is -3.90. The zero-order chi connectivity index (χ0) is 23.4. The zero-order valence-electron chi connectivity index (χ0n) is 17.4. The molecule has 2 aromatic carbocycles. The summed E-state index contributed by atoms with van der Waals surface area (Å²) in [5, 5.41) is 0.647. The normalized spacial score (nSPS) is 14.4. The monoisotopic (exact) mass is 474 g/mol. The van der Waals surface area contributed by atoms with Gasteiger partial charge in [0, 0.05) is 23.3 Å². The van der Waals surface area contributed by atoms with Crippen molar-refractivity contribution in [1.82, 2.24) is 14.5 Å². The average Bonchev–Trinajstić information content (AvgIpc) is 3.39. The first-order chi connectivity index (χ1) is 16.4. The summed E-state index contributed by atoms with van der Waals surface area (Å²) in [6.07, 6.45) is 3.03. The molecule has 5 aromatic rings. The second kappa shape index (κ2) is 7.35. The van der Waals surface area contributed by atoms with Crippen molar-refractivity contribution >= 4 is 26.9 Å². The highest BCUT2D eigenvalue weighted by Gasteiger charge is 2.38. The highest BCUT2D eigenvalue weighted by atomic mass is 32.2. The molecule has 0 amide bonds. The van der Waals surface area contributed by atoms with E-state index in [1.165, 1.54) is 47.3 Å². The van der Waals surface area contributed by atoms with Gasteiger partial charge in [0.2, 0.25) is 0 Å². The lowest BCUT2D eigenvalue weighted by molar-refractivity contribution is 0.557. The van der Waals surface area contributed by atoms with Gasteiger partial charge in [-0.25, -0.2) is 17.1 Å². The van der Waals surface area contributed by atoms with Crippen LogP contribution in [0, 0.1) is 5.82 Å². The molecule has 0 atom stereocenters. The molecule has 8 nitrogen and oxygen atoms in total. The summed E-state index contributed by atoms with van der Waals surface area (Å²) in [4.78, 5) is 22.0. The van der Waals surface area contributed by atoms with E-state index in [0.717, 1.165) is 4.31 Å². The molecule has 6 rings (SSSR count). The van der Waals surface area contributed by atoms with Crippen molar-refractivity contribution in [2.45, 2.75) is 11.4 Å². The van der Waals surface area contributed by atoms with Crippen LogP contribution in [0.2, 0.25) is 0 Å². The highest BCUT2D eigenvalue weighted by molar-refractivity contribution is 7.93. The lowest BCUT2D eigenvalue weighted by Crippen LogP contribution is -2.24. The zero-order valence-corrected chi connectivity index (χ0v) is 18.2. The van der Waals surface area contributed by atoms with Crippen LogP contribution in [0.25, 0.3) is 28.0 Å². The number of hydrogen-bond acceptors (Lipinski definition) is 6. The van der Waals surface area contributed by atoms with E-state index in [0.29, 0.717) is 16.5 Å². The Kier molecular flexibility index (Phi) is 4.39. The number of pyridine rings is 2. The minimum atomic E-state index is -3.90. The molecule has 0 N–H and O–H groups in total. The van der Waals surface area contributed by atoms with Crippen molar-refractivity contribution in [3.05, 3.63) is 101 Å². The third-order valence-corrected chi connectivity index (χ3v) is 7.48. The summed E-state index contributed by atoms with van der Waals surface area (Å²) < 4.78 is 48.1. The Hall–Kier alpha value is -4.31. The number of fused-ring (bicyclic) bond motifs is 2. The van der Waals surface area contributed by atoms with Crippen LogP contribution in [-0.2, 0) is 16.6 Å². The van der Waals surface area contributed by atoms with Crippen LogP contribution in [-0.4, -0.2) is 23.0 Å². The number of aromatic nitrogens is 3. The number of hydrogen-bond donors (Lipinski definition) is 0. The van der Waals surface area contributed by atoms with Gasteiger partial charge in [0.25, 0.3) is 15.6 Å². The van der Waals surface area contributed by atoms with Gasteiger partial charge in [-0.2, -0.15) is 4.98 Å². The lowest BCUT2D eigenvalue weighted by atomic mass is 10.1. The first kappa shape index (κ1) is 20.3. The molecule has 1 aliphatic rings. The van der Waals surface area contributed by atoms with Crippen molar-refractivity contribution < 1.29 is 17.2 Å². The van der Waals surface area contributed by atoms with Gasteiger partial charge < -0.3 is 4.42 Å². The molecule has 0 fully saturated rings. The molecule has 4 heterocycles. The van der Waals surface area contributed by atoms with E-state index in [1.807, 2.05) is 0 Å². The van der Waals surface area contributed by atoms with Crippen LogP contribution in [0.4, 0.5) is 10.4 Å². The second-order valence-corrected chi connectivity index (χ2v) is 9.54. The first-order valence-electron chi connectivity index (χ1n) is 10.3. The molecule has 10 heteroatoms. The second-order valence-electron chi connectivity index (χ2n) is 7.71. The number of halogens is 1. The number of benzene rings is 2. The lowest BCUT2D eigenvalue weighted by Gasteiger charge is -2.11. The van der Waals surface area contributed by atoms with Gasteiger partial charge in [-0.1, -0.05) is 24.3 Å². The smallest absolute Gasteiger partial charge is 0.314 e. The maximum Gasteiger partial charge on any atom is 0.314 e. The maximum atomic E-state index is 13.6. The van der Waals surface area contributed by atoms with Gasteiger partial charge in [0.1, 0.15) is 11.3 Å². The van der Waals surface area contributed by atoms with E-state index in [2.05, 4.69) is 9.97 Å². The van der Waals surface area contributed by atoms with Crippen molar-refractivity contribution in [3.63, 3.8) is 0 Å². The van der Waals surface area contributed by atoms with Gasteiger partial charge in [-0.15, -0.1) is 0 Å². The minimum absolute atomic E-state index is 0.0372. The Morgan fingerprint density at radius 2 is 1.76 bits per heavy atom. The number of anilines is 1. The van der Waals surface area contributed by atoms with E-state index >= 15 is 0 Å². The van der Waals surface area contributed by atoms with Crippen LogP contribution in [0.3, 0.4) is 0 Å². The van der Waals surface area contributed by atoms with Gasteiger partial charge in [-0.3, -0.25) is 14.3 Å². The van der Waals surface area contributed by atoms with Crippen LogP contribution in [0.5, 0.6) is 0 Å². The molecule has 0 radical (unpaired) electrons. The standard InChI is InChI=1S/C24H15FN4O4S/c25-18-9-7-16(8-10-18)21-22(28-13-11-15-5-3-12-26-20(15)23(28)30)27-24(33-21)29-14-17-4-1-2-6-19(17)34(29,31)32/h1-13H,14H2. The number of sulfonamides is 1. The molecule has 34 heavy (non-hydrogen) atoms. The van der Waals surface area contributed by atoms with E-state index < -0.39 is 21.4 Å². The van der Waals surface area contributed by atoms with Crippen molar-refractivity contribution in [2.75, 3.05) is 4.31 Å². The van der Waals surface area contributed by atoms with E-state index in [1.54, 1.807) is 36.4 Å². The topological polar surface area (TPSA) is 98.3 Å². The van der Waals surface area contributed by atoms with Crippen LogP contribution < -0.4 is 9.86 Å². The summed E-state index contributed by atoms with van der Waals surface area (Å²) >= 11 is 0. The summed E-state index contributed by atoms with van der Waals surface area (Å²) in [5.74, 6) is -0.251. The molecule has 168 valence electrons. The molecule has 0 unspecified atom stereocenters. The first-order valence-corrected chi connectivity index (χ1v) is 11.7. The quantitative estimate of drug-likeness (QED) is 0.394. The third kappa shape index (κ3) is 3.03. The Labute approximate surface area is 192 Å². The molecule has 0 saturated carbocycles. The predicted molar refractivity (Wildman–Crippen MR) is 123 cm³/mol. The van der Waals surface area contributed by atoms with Crippen LogP contribution in [0.1, 0.15) is 5.56 Å². The number of oxazole rings is 1. The minimum Gasteiger partial charge on any atom is -0.420 e. The Balaban J connectivity index is 1.58. The molecule has 3 aromatic heterocycles. The molecule has 1 aliphatic heterocycles. The van der Waals surface area contributed by atoms with E-state index in [9.17, 15) is 17.6 Å². The molecular formula is C24H15FN4O4S. The largest absolute Gasteiger partial charge is 0.420 e. The Bertz CT molecular complexity index is 1740. The number of nitrogens with zero attached hydrogens (tertiary/aromatic N) is 4. The van der Waals surface area contributed by atoms with Crippen molar-refractivity contribution in [3.8, 4) is 17.1 Å². The van der Waals surface area contributed by atoms with Gasteiger partial charge in [0.15, 0.2) is 11.6 Å². The molecular weight excluding hydrogens is 459 g/mol. The average molecular weight is 474 g/mol. The Morgan fingerprint density at radius 3 is 2.56 bits per heavy atom. The summed E-state index contributed by atoms with van der Waals surface area (Å²) in [6, 6.07) is 17.1. The Morgan fingerprint density at radius 1 is 0.971 bits per heavy atom. The predicted octanol–water partition coefficient (Wildman–Crippen LogP) is 3.89. The molecule has 0 bridgehead atoms. The molecule has 0 saturated heterocycles. The highest BCUT2D eigenvalue weighted by Crippen LogP contribution is 2.38. The fourth-order valence-electron chi connectivity index (χ4n) is 4.01. The van der Waals surface area contributed by atoms with Crippen molar-refractivity contribution in [1.29, 1.82) is 0 Å². The molecule has 0 spiro atoms. The van der Waals surface area contributed by atoms with Gasteiger partial charge in [-0.05, 0) is 48.0 Å². The molecule has 0 aliphatic carbocycles. The third-order valence-electron chi connectivity index (χ3n) is 5.66. The van der Waals surface area contributed by atoms with Gasteiger partial charge >= 0.3 is 6.01 Å². The van der Waals surface area contributed by atoms with E-state index in [4.69, 9.17) is 4.42 Å². The number of rotatable bonds is 3. The van der Waals surface area contributed by atoms with Gasteiger partial charge in [0.05, 0.1) is 11.4 Å². The van der Waals surface area contributed by atoms with Crippen molar-refractivity contribution in [2.24, 2.45) is 0 Å². The SMILES string of the molecule is O=c1c2ncccc2ccn1-c1nc(N2Cc3ccccc3S2(=O)=O)oc1-c1ccc(F)cc1. The summed E-state index contributed by atoms with van der Waals surface area (Å²) in [6.45, 7) is 0.0372. The fraction of sp³-hybridized carbons (Fsp3) is 0.0417. The van der Waals surface area contributed by atoms with Crippen LogP contribution in [0.15, 0.2) is 93.2 Å². The fourth-order valence-corrected chi connectivity index (χ4v) is 5.55.